The maximum absolute atomic E-state index is 12.5. The molecular weight excluding hydrogens is 432 g/mol. The number of unbranched alkanes of at least 4 members (excludes halogenated alkanes) is 1. The third-order valence-corrected chi connectivity index (χ3v) is 5.45. The van der Waals surface area contributed by atoms with Crippen LogP contribution in [-0.2, 0) is 28.6 Å². The molecule has 1 saturated heterocycles. The monoisotopic (exact) mass is 466 g/mol. The van der Waals surface area contributed by atoms with Crippen molar-refractivity contribution in [1.29, 1.82) is 0 Å². The van der Waals surface area contributed by atoms with Crippen LogP contribution >= 0.6 is 0 Å². The lowest BCUT2D eigenvalue weighted by atomic mass is 10.1. The Balaban J connectivity index is 2.07. The zero-order valence-electron chi connectivity index (χ0n) is 19.9. The number of hydrogen-bond donors (Lipinski definition) is 1. The zero-order chi connectivity index (χ0) is 24.5. The summed E-state index contributed by atoms with van der Waals surface area (Å²) in [5.41, 5.74) is -0.643. The summed E-state index contributed by atoms with van der Waals surface area (Å²) < 4.78 is 18.4. The molecule has 1 aliphatic rings. The highest BCUT2D eigenvalue weighted by molar-refractivity contribution is 5.87. The van der Waals surface area contributed by atoms with E-state index in [2.05, 4.69) is 10.3 Å². The zero-order valence-corrected chi connectivity index (χ0v) is 19.9. The first kappa shape index (κ1) is 26.5. The van der Waals surface area contributed by atoms with Crippen molar-refractivity contribution in [2.45, 2.75) is 77.4 Å². The second-order valence-corrected chi connectivity index (χ2v) is 7.98. The van der Waals surface area contributed by atoms with Crippen LogP contribution in [0.25, 0.3) is 0 Å². The van der Waals surface area contributed by atoms with E-state index >= 15 is 0 Å². The summed E-state index contributed by atoms with van der Waals surface area (Å²) in [6.07, 6.45) is 0.946. The third kappa shape index (κ3) is 7.10. The number of nitrogens with zero attached hydrogens (tertiary/aromatic N) is 3. The van der Waals surface area contributed by atoms with E-state index in [0.717, 1.165) is 12.8 Å². The molecule has 184 valence electrons. The number of esters is 1. The summed E-state index contributed by atoms with van der Waals surface area (Å²) >= 11 is 0. The van der Waals surface area contributed by atoms with Crippen molar-refractivity contribution in [1.82, 2.24) is 14.5 Å². The van der Waals surface area contributed by atoms with Gasteiger partial charge in [-0.2, -0.15) is 4.98 Å². The van der Waals surface area contributed by atoms with Crippen LogP contribution in [0.1, 0.15) is 59.1 Å². The number of methoxy groups -OCH3 is 1. The van der Waals surface area contributed by atoms with E-state index in [9.17, 15) is 19.2 Å². The lowest BCUT2D eigenvalue weighted by Gasteiger charge is -2.23. The number of nitrogens with one attached hydrogen (secondary N) is 1. The van der Waals surface area contributed by atoms with Crippen molar-refractivity contribution in [2.75, 3.05) is 26.0 Å². The smallest absolute Gasteiger partial charge is 0.351 e. The van der Waals surface area contributed by atoms with Gasteiger partial charge in [0.05, 0.1) is 12.5 Å². The van der Waals surface area contributed by atoms with Crippen molar-refractivity contribution >= 4 is 23.6 Å². The number of amides is 2. The number of anilines is 1. The Morgan fingerprint density at radius 2 is 1.97 bits per heavy atom. The number of carbonyl (C=O) groups is 3. The molecule has 0 aliphatic carbocycles. The molecule has 0 spiro atoms. The molecule has 1 aromatic heterocycles. The molecule has 1 N–H and O–H groups in total. The average molecular weight is 467 g/mol. The topological polar surface area (TPSA) is 129 Å². The molecular formula is C22H34N4O7. The number of aromatic nitrogens is 2. The fraction of sp³-hybridized carbons (Fsp3) is 0.682. The van der Waals surface area contributed by atoms with Crippen molar-refractivity contribution in [3.63, 3.8) is 0 Å². The summed E-state index contributed by atoms with van der Waals surface area (Å²) in [7, 11) is 3.16. The van der Waals surface area contributed by atoms with Gasteiger partial charge in [-0.25, -0.2) is 4.79 Å². The molecule has 0 saturated carbocycles. The lowest BCUT2D eigenvalue weighted by molar-refractivity contribution is -0.158. The van der Waals surface area contributed by atoms with E-state index in [1.54, 1.807) is 11.9 Å². The quantitative estimate of drug-likeness (QED) is 0.486. The molecule has 2 rings (SSSR count). The van der Waals surface area contributed by atoms with Gasteiger partial charge in [-0.1, -0.05) is 20.3 Å². The molecule has 11 nitrogen and oxygen atoms in total. The average Bonchev–Trinajstić information content (AvgIpc) is 3.12. The first-order valence-corrected chi connectivity index (χ1v) is 11.2. The minimum absolute atomic E-state index is 0.0541. The minimum atomic E-state index is -0.870. The van der Waals surface area contributed by atoms with Crippen LogP contribution in [0, 0.1) is 0 Å². The van der Waals surface area contributed by atoms with Gasteiger partial charge in [0.25, 0.3) is 0 Å². The van der Waals surface area contributed by atoms with Crippen molar-refractivity contribution in [2.24, 2.45) is 0 Å². The summed E-state index contributed by atoms with van der Waals surface area (Å²) in [4.78, 5) is 53.9. The predicted octanol–water partition coefficient (Wildman–Crippen LogP) is 1.47. The molecule has 0 aromatic carbocycles. The van der Waals surface area contributed by atoms with E-state index in [1.165, 1.54) is 30.9 Å². The molecule has 0 bridgehead atoms. The highest BCUT2D eigenvalue weighted by Gasteiger charge is 2.48. The van der Waals surface area contributed by atoms with E-state index in [4.69, 9.17) is 14.2 Å². The summed E-state index contributed by atoms with van der Waals surface area (Å²) in [5.74, 6) is -0.875. The van der Waals surface area contributed by atoms with Crippen molar-refractivity contribution in [3.8, 4) is 0 Å². The first-order valence-electron chi connectivity index (χ1n) is 11.2. The van der Waals surface area contributed by atoms with Crippen LogP contribution in [-0.4, -0.2) is 71.2 Å². The van der Waals surface area contributed by atoms with Gasteiger partial charge in [0.2, 0.25) is 11.8 Å². The second-order valence-electron chi connectivity index (χ2n) is 7.98. The summed E-state index contributed by atoms with van der Waals surface area (Å²) in [5, 5.41) is 2.45. The van der Waals surface area contributed by atoms with Gasteiger partial charge in [-0.05, 0) is 18.9 Å². The van der Waals surface area contributed by atoms with Crippen LogP contribution < -0.4 is 11.0 Å². The molecule has 1 aliphatic heterocycles. The lowest BCUT2D eigenvalue weighted by Crippen LogP contribution is -2.39. The van der Waals surface area contributed by atoms with Crippen LogP contribution in [0.2, 0.25) is 0 Å². The van der Waals surface area contributed by atoms with E-state index in [1.807, 2.05) is 13.8 Å². The van der Waals surface area contributed by atoms with Gasteiger partial charge in [-0.15, -0.1) is 0 Å². The van der Waals surface area contributed by atoms with Crippen molar-refractivity contribution in [3.05, 3.63) is 22.7 Å². The van der Waals surface area contributed by atoms with Crippen LogP contribution in [0.15, 0.2) is 17.1 Å². The van der Waals surface area contributed by atoms with E-state index in [-0.39, 0.29) is 30.5 Å². The predicted molar refractivity (Wildman–Crippen MR) is 119 cm³/mol. The largest absolute Gasteiger partial charge is 0.457 e. The maximum Gasteiger partial charge on any atom is 0.351 e. The third-order valence-electron chi connectivity index (χ3n) is 5.45. The highest BCUT2D eigenvalue weighted by atomic mass is 16.6. The maximum atomic E-state index is 12.5. The van der Waals surface area contributed by atoms with Gasteiger partial charge >= 0.3 is 11.7 Å². The number of ether oxygens (including phenoxy) is 3. The Bertz CT molecular complexity index is 888. The van der Waals surface area contributed by atoms with E-state index in [0.29, 0.717) is 13.0 Å². The van der Waals surface area contributed by atoms with Crippen LogP contribution in [0.5, 0.6) is 0 Å². The molecule has 0 radical (unpaired) electrons. The van der Waals surface area contributed by atoms with Crippen LogP contribution in [0.4, 0.5) is 5.82 Å². The molecule has 2 heterocycles. The molecule has 1 fully saturated rings. The van der Waals surface area contributed by atoms with Gasteiger partial charge < -0.3 is 24.4 Å². The van der Waals surface area contributed by atoms with Gasteiger partial charge in [-0.3, -0.25) is 19.0 Å². The standard InChI is InChI=1S/C22H34N4O7/c1-6-8-12-25(4)17(28)9-10-18(29)33-19-15(7-2)32-21(20(19)31-5)26-13-11-16(23-14(3)27)24-22(26)30/h11,13,15,19-21H,6-10,12H2,1-5H3,(H,23,24,27,30)/t15-,19+,20?,21-/m1/s1. The number of rotatable bonds is 11. The fourth-order valence-electron chi connectivity index (χ4n) is 3.64. The summed E-state index contributed by atoms with van der Waals surface area (Å²) in [6.45, 7) is 5.88. The Labute approximate surface area is 193 Å². The van der Waals surface area contributed by atoms with Gasteiger partial charge in [0.15, 0.2) is 12.3 Å². The van der Waals surface area contributed by atoms with Gasteiger partial charge in [0, 0.05) is 40.2 Å². The molecule has 4 atom stereocenters. The fourth-order valence-corrected chi connectivity index (χ4v) is 3.64. The first-order chi connectivity index (χ1) is 15.7. The Morgan fingerprint density at radius 3 is 2.55 bits per heavy atom. The molecule has 1 aromatic rings. The Morgan fingerprint density at radius 1 is 1.24 bits per heavy atom. The number of hydrogen-bond acceptors (Lipinski definition) is 8. The molecule has 2 amide bonds. The Hall–Kier alpha value is -2.79. The van der Waals surface area contributed by atoms with E-state index < -0.39 is 36.2 Å². The summed E-state index contributed by atoms with van der Waals surface area (Å²) in [6, 6.07) is 1.47. The minimum Gasteiger partial charge on any atom is -0.457 e. The van der Waals surface area contributed by atoms with Crippen LogP contribution in [0.3, 0.4) is 0 Å². The SMILES string of the molecule is CCCCN(C)C(=O)CCC(=O)O[C@@H]1C(OC)[C@H](n2ccc(NC(C)=O)nc2=O)O[C@@H]1CC. The normalized spacial score (nSPS) is 22.1. The number of carbonyl (C=O) groups excluding carboxylic acids is 3. The van der Waals surface area contributed by atoms with Gasteiger partial charge in [0.1, 0.15) is 11.9 Å². The Kier molecular flexibility index (Phi) is 9.98. The molecule has 11 heteroatoms. The van der Waals surface area contributed by atoms with Crippen molar-refractivity contribution < 1.29 is 28.6 Å². The highest BCUT2D eigenvalue weighted by Crippen LogP contribution is 2.34. The molecule has 33 heavy (non-hydrogen) atoms. The second kappa shape index (κ2) is 12.4. The molecule has 1 unspecified atom stereocenters.